The van der Waals surface area contributed by atoms with Crippen LogP contribution in [0.2, 0.25) is 0 Å². The fourth-order valence-corrected chi connectivity index (χ4v) is 2.78. The Balaban J connectivity index is 1.74. The van der Waals surface area contributed by atoms with Crippen molar-refractivity contribution in [1.82, 2.24) is 14.5 Å². The summed E-state index contributed by atoms with van der Waals surface area (Å²) in [6.07, 6.45) is 6.28. The zero-order valence-electron chi connectivity index (χ0n) is 11.7. The summed E-state index contributed by atoms with van der Waals surface area (Å²) in [7, 11) is 0. The summed E-state index contributed by atoms with van der Waals surface area (Å²) in [6, 6.07) is 10.5. The van der Waals surface area contributed by atoms with Crippen molar-refractivity contribution in [2.24, 2.45) is 0 Å². The maximum atomic E-state index is 9.06. The lowest BCUT2D eigenvalue weighted by Gasteiger charge is -2.05. The Hall–Kier alpha value is -2.20. The summed E-state index contributed by atoms with van der Waals surface area (Å²) in [5.74, 6) is 0.735. The smallest absolute Gasteiger partial charge is 0.0959 e. The molecule has 0 bridgehead atoms. The van der Waals surface area contributed by atoms with Crippen LogP contribution in [0.15, 0.2) is 42.9 Å². The summed E-state index contributed by atoms with van der Waals surface area (Å²) in [5.41, 5.74) is 5.49. The van der Waals surface area contributed by atoms with Gasteiger partial charge in [-0.25, -0.2) is 4.98 Å². The van der Waals surface area contributed by atoms with Crippen molar-refractivity contribution in [3.05, 3.63) is 48.4 Å². The zero-order chi connectivity index (χ0) is 14.2. The van der Waals surface area contributed by atoms with Crippen LogP contribution in [0.1, 0.15) is 24.3 Å². The van der Waals surface area contributed by atoms with E-state index in [-0.39, 0.29) is 6.61 Å². The molecule has 0 atom stereocenters. The molecule has 0 amide bonds. The maximum absolute atomic E-state index is 9.06. The Labute approximate surface area is 123 Å². The van der Waals surface area contributed by atoms with E-state index in [1.54, 1.807) is 6.33 Å². The van der Waals surface area contributed by atoms with Crippen molar-refractivity contribution in [3.63, 3.8) is 0 Å². The summed E-state index contributed by atoms with van der Waals surface area (Å²) in [5, 5.41) is 9.06. The summed E-state index contributed by atoms with van der Waals surface area (Å²) in [6.45, 7) is 0.698. The average Bonchev–Trinajstić information content (AvgIpc) is 3.30. The minimum Gasteiger partial charge on any atom is -0.395 e. The van der Waals surface area contributed by atoms with E-state index < -0.39 is 0 Å². The number of imidazole rings is 1. The van der Waals surface area contributed by atoms with Gasteiger partial charge in [0.1, 0.15) is 0 Å². The molecule has 1 aliphatic carbocycles. The van der Waals surface area contributed by atoms with E-state index in [0.29, 0.717) is 6.54 Å². The van der Waals surface area contributed by atoms with Crippen molar-refractivity contribution in [2.75, 3.05) is 6.61 Å². The highest BCUT2D eigenvalue weighted by molar-refractivity contribution is 5.81. The Morgan fingerprint density at radius 3 is 2.86 bits per heavy atom. The van der Waals surface area contributed by atoms with E-state index in [4.69, 9.17) is 5.11 Å². The highest BCUT2D eigenvalue weighted by atomic mass is 16.3. The normalized spacial score (nSPS) is 14.7. The number of fused-ring (bicyclic) bond motifs is 1. The van der Waals surface area contributed by atoms with Crippen molar-refractivity contribution in [3.8, 4) is 11.3 Å². The highest BCUT2D eigenvalue weighted by Gasteiger charge is 2.23. The number of rotatable bonds is 4. The van der Waals surface area contributed by atoms with Gasteiger partial charge >= 0.3 is 0 Å². The number of aliphatic hydroxyl groups is 1. The van der Waals surface area contributed by atoms with Gasteiger partial charge in [0.25, 0.3) is 0 Å². The highest BCUT2D eigenvalue weighted by Crippen LogP contribution is 2.40. The molecule has 0 saturated heterocycles. The molecule has 0 radical (unpaired) electrons. The second kappa shape index (κ2) is 4.97. The van der Waals surface area contributed by atoms with Crippen LogP contribution < -0.4 is 0 Å². The number of pyridine rings is 1. The van der Waals surface area contributed by atoms with E-state index in [2.05, 4.69) is 40.3 Å². The van der Waals surface area contributed by atoms with Crippen LogP contribution in [0.25, 0.3) is 22.3 Å². The first-order chi connectivity index (χ1) is 10.3. The molecule has 4 nitrogen and oxygen atoms in total. The Bertz CT molecular complexity index is 790. The van der Waals surface area contributed by atoms with Crippen LogP contribution in [0, 0.1) is 0 Å². The van der Waals surface area contributed by atoms with Gasteiger partial charge in [0, 0.05) is 18.3 Å². The van der Waals surface area contributed by atoms with Crippen molar-refractivity contribution < 1.29 is 5.11 Å². The Morgan fingerprint density at radius 1 is 1.14 bits per heavy atom. The lowest BCUT2D eigenvalue weighted by molar-refractivity contribution is 0.278. The molecule has 21 heavy (non-hydrogen) atoms. The van der Waals surface area contributed by atoms with Crippen LogP contribution >= 0.6 is 0 Å². The van der Waals surface area contributed by atoms with Gasteiger partial charge in [-0.2, -0.15) is 0 Å². The van der Waals surface area contributed by atoms with E-state index in [9.17, 15) is 0 Å². The molecule has 2 heterocycles. The Kier molecular flexibility index (Phi) is 2.97. The minimum atomic E-state index is 0.123. The van der Waals surface area contributed by atoms with E-state index in [1.165, 1.54) is 18.4 Å². The van der Waals surface area contributed by atoms with Crippen molar-refractivity contribution in [1.29, 1.82) is 0 Å². The van der Waals surface area contributed by atoms with Crippen molar-refractivity contribution in [2.45, 2.75) is 25.3 Å². The first kappa shape index (κ1) is 12.5. The largest absolute Gasteiger partial charge is 0.395 e. The monoisotopic (exact) mass is 279 g/mol. The quantitative estimate of drug-likeness (QED) is 0.798. The molecule has 4 heteroatoms. The molecular formula is C17H17N3O. The first-order valence-electron chi connectivity index (χ1n) is 7.37. The molecule has 2 aromatic heterocycles. The Morgan fingerprint density at radius 2 is 2.05 bits per heavy atom. The van der Waals surface area contributed by atoms with E-state index in [0.717, 1.165) is 28.2 Å². The molecule has 0 unspecified atom stereocenters. The standard InChI is InChI=1S/C17H17N3O/c21-8-7-20-11-19-16-10-14(3-4-17(16)20)15-9-13(5-6-18-15)12-1-2-12/h3-6,9-12,21H,1-2,7-8H2. The van der Waals surface area contributed by atoms with Gasteiger partial charge in [-0.05, 0) is 48.6 Å². The molecule has 0 spiro atoms. The second-order valence-corrected chi connectivity index (χ2v) is 5.61. The molecule has 1 fully saturated rings. The summed E-state index contributed by atoms with van der Waals surface area (Å²) in [4.78, 5) is 8.91. The van der Waals surface area contributed by atoms with Gasteiger partial charge in [-0.15, -0.1) is 0 Å². The molecular weight excluding hydrogens is 262 g/mol. The van der Waals surface area contributed by atoms with Crippen LogP contribution in [-0.2, 0) is 6.54 Å². The SMILES string of the molecule is OCCn1cnc2cc(-c3cc(C4CC4)ccn3)ccc21. The summed E-state index contributed by atoms with van der Waals surface area (Å²) < 4.78 is 1.97. The zero-order valence-corrected chi connectivity index (χ0v) is 11.7. The number of benzene rings is 1. The number of hydrogen-bond donors (Lipinski definition) is 1. The van der Waals surface area contributed by atoms with Gasteiger partial charge < -0.3 is 9.67 Å². The molecule has 106 valence electrons. The average molecular weight is 279 g/mol. The molecule has 0 aliphatic heterocycles. The fourth-order valence-electron chi connectivity index (χ4n) is 2.78. The molecule has 4 rings (SSSR count). The molecule has 1 aromatic carbocycles. The second-order valence-electron chi connectivity index (χ2n) is 5.61. The predicted octanol–water partition coefficient (Wildman–Crippen LogP) is 2.97. The third-order valence-electron chi connectivity index (χ3n) is 4.09. The van der Waals surface area contributed by atoms with E-state index >= 15 is 0 Å². The van der Waals surface area contributed by atoms with Crippen LogP contribution in [0.5, 0.6) is 0 Å². The number of nitrogens with zero attached hydrogens (tertiary/aromatic N) is 3. The first-order valence-corrected chi connectivity index (χ1v) is 7.37. The fraction of sp³-hybridized carbons (Fsp3) is 0.294. The molecule has 3 aromatic rings. The lowest BCUT2D eigenvalue weighted by atomic mass is 10.1. The van der Waals surface area contributed by atoms with Gasteiger partial charge in [-0.1, -0.05) is 6.07 Å². The van der Waals surface area contributed by atoms with Gasteiger partial charge in [0.15, 0.2) is 0 Å². The third-order valence-corrected chi connectivity index (χ3v) is 4.09. The predicted molar refractivity (Wildman–Crippen MR) is 82.0 cm³/mol. The lowest BCUT2D eigenvalue weighted by Crippen LogP contribution is -1.99. The maximum Gasteiger partial charge on any atom is 0.0959 e. The van der Waals surface area contributed by atoms with Gasteiger partial charge in [0.05, 0.1) is 29.7 Å². The number of aromatic nitrogens is 3. The number of hydrogen-bond acceptors (Lipinski definition) is 3. The topological polar surface area (TPSA) is 50.9 Å². The van der Waals surface area contributed by atoms with Crippen LogP contribution in [0.4, 0.5) is 0 Å². The molecule has 1 aliphatic rings. The number of aliphatic hydroxyl groups excluding tert-OH is 1. The van der Waals surface area contributed by atoms with Crippen LogP contribution in [-0.4, -0.2) is 26.2 Å². The minimum absolute atomic E-state index is 0.123. The van der Waals surface area contributed by atoms with Crippen molar-refractivity contribution >= 4 is 11.0 Å². The third kappa shape index (κ3) is 2.32. The van der Waals surface area contributed by atoms with Gasteiger partial charge in [-0.3, -0.25) is 4.98 Å². The molecule has 1 N–H and O–H groups in total. The molecule has 1 saturated carbocycles. The van der Waals surface area contributed by atoms with E-state index in [1.807, 2.05) is 10.8 Å². The van der Waals surface area contributed by atoms with Crippen LogP contribution in [0.3, 0.4) is 0 Å². The summed E-state index contributed by atoms with van der Waals surface area (Å²) >= 11 is 0. The van der Waals surface area contributed by atoms with Gasteiger partial charge in [0.2, 0.25) is 0 Å².